The van der Waals surface area contributed by atoms with Crippen LogP contribution in [0.3, 0.4) is 0 Å². The molecule has 1 aliphatic rings. The third kappa shape index (κ3) is 5.85. The van der Waals surface area contributed by atoms with Crippen LogP contribution in [0.15, 0.2) is 24.3 Å². The summed E-state index contributed by atoms with van der Waals surface area (Å²) in [6.45, 7) is 6.54. The molecule has 0 atom stereocenters. The second kappa shape index (κ2) is 7.34. The quantitative estimate of drug-likeness (QED) is 0.871. The fourth-order valence-corrected chi connectivity index (χ4v) is 2.57. The molecule has 122 valence electrons. The molecule has 0 unspecified atom stereocenters. The van der Waals surface area contributed by atoms with E-state index in [4.69, 9.17) is 16.3 Å². The lowest BCUT2D eigenvalue weighted by Gasteiger charge is -2.36. The molecule has 0 radical (unpaired) electrons. The van der Waals surface area contributed by atoms with E-state index in [9.17, 15) is 4.79 Å². The second-order valence-electron chi connectivity index (χ2n) is 6.84. The Hall–Kier alpha value is -1.26. The van der Waals surface area contributed by atoms with Gasteiger partial charge in [0.1, 0.15) is 5.60 Å². The summed E-state index contributed by atoms with van der Waals surface area (Å²) >= 11 is 5.86. The minimum Gasteiger partial charge on any atom is -0.444 e. The van der Waals surface area contributed by atoms with Crippen molar-refractivity contribution in [1.82, 2.24) is 10.6 Å². The smallest absolute Gasteiger partial charge is 0.407 e. The lowest BCUT2D eigenvalue weighted by molar-refractivity contribution is 0.0465. The van der Waals surface area contributed by atoms with Gasteiger partial charge in [-0.2, -0.15) is 0 Å². The number of halogens is 1. The first-order valence-corrected chi connectivity index (χ1v) is 8.17. The first-order chi connectivity index (χ1) is 10.3. The Balaban J connectivity index is 1.58. The van der Waals surface area contributed by atoms with Gasteiger partial charge in [0.15, 0.2) is 0 Å². The molecule has 1 aliphatic carbocycles. The van der Waals surface area contributed by atoms with Crippen molar-refractivity contribution < 1.29 is 9.53 Å². The lowest BCUT2D eigenvalue weighted by atomic mass is 9.87. The third-order valence-corrected chi connectivity index (χ3v) is 3.87. The van der Waals surface area contributed by atoms with Crippen molar-refractivity contribution in [3.8, 4) is 0 Å². The van der Waals surface area contributed by atoms with Crippen molar-refractivity contribution in [2.24, 2.45) is 0 Å². The SMILES string of the molecule is CC(C)(C)OC(=O)NC1CC(NCCc2ccc(Cl)cc2)C1. The van der Waals surface area contributed by atoms with Gasteiger partial charge in [-0.05, 0) is 64.3 Å². The zero-order chi connectivity index (χ0) is 16.2. The number of carbonyl (C=O) groups excluding carboxylic acids is 1. The Bertz CT molecular complexity index is 490. The van der Waals surface area contributed by atoms with E-state index < -0.39 is 5.60 Å². The summed E-state index contributed by atoms with van der Waals surface area (Å²) in [5.74, 6) is 0. The molecule has 2 N–H and O–H groups in total. The maximum atomic E-state index is 11.6. The zero-order valence-electron chi connectivity index (χ0n) is 13.5. The van der Waals surface area contributed by atoms with E-state index in [2.05, 4.69) is 22.8 Å². The Morgan fingerprint density at radius 2 is 1.86 bits per heavy atom. The molecule has 1 fully saturated rings. The second-order valence-corrected chi connectivity index (χ2v) is 7.28. The number of nitrogens with one attached hydrogen (secondary N) is 2. The van der Waals surface area contributed by atoms with E-state index in [0.29, 0.717) is 6.04 Å². The molecule has 4 nitrogen and oxygen atoms in total. The van der Waals surface area contributed by atoms with Crippen molar-refractivity contribution in [2.45, 2.75) is 57.7 Å². The monoisotopic (exact) mass is 324 g/mol. The van der Waals surface area contributed by atoms with Crippen molar-refractivity contribution in [1.29, 1.82) is 0 Å². The van der Waals surface area contributed by atoms with Gasteiger partial charge in [0, 0.05) is 17.1 Å². The standard InChI is InChI=1S/C17H25ClN2O2/c1-17(2,3)22-16(21)20-15-10-14(11-15)19-9-8-12-4-6-13(18)7-5-12/h4-7,14-15,19H,8-11H2,1-3H3,(H,20,21). The van der Waals surface area contributed by atoms with Gasteiger partial charge in [-0.3, -0.25) is 0 Å². The van der Waals surface area contributed by atoms with Crippen LogP contribution in [0.1, 0.15) is 39.2 Å². The Morgan fingerprint density at radius 3 is 2.45 bits per heavy atom. The zero-order valence-corrected chi connectivity index (χ0v) is 14.2. The molecular formula is C17H25ClN2O2. The molecule has 0 aliphatic heterocycles. The van der Waals surface area contributed by atoms with Crippen LogP contribution in [-0.2, 0) is 11.2 Å². The number of carbonyl (C=O) groups is 1. The van der Waals surface area contributed by atoms with Crippen LogP contribution in [0.2, 0.25) is 5.02 Å². The maximum absolute atomic E-state index is 11.6. The summed E-state index contributed by atoms with van der Waals surface area (Å²) in [5.41, 5.74) is 0.837. The molecule has 0 aromatic heterocycles. The van der Waals surface area contributed by atoms with Gasteiger partial charge in [0.05, 0.1) is 0 Å². The average Bonchev–Trinajstić information content (AvgIpc) is 2.35. The summed E-state index contributed by atoms with van der Waals surface area (Å²) in [6, 6.07) is 8.65. The largest absolute Gasteiger partial charge is 0.444 e. The molecule has 22 heavy (non-hydrogen) atoms. The predicted octanol–water partition coefficient (Wildman–Crippen LogP) is 3.53. The molecule has 0 spiro atoms. The number of benzene rings is 1. The van der Waals surface area contributed by atoms with E-state index in [-0.39, 0.29) is 12.1 Å². The summed E-state index contributed by atoms with van der Waals surface area (Å²) < 4.78 is 5.25. The molecule has 0 heterocycles. The van der Waals surface area contributed by atoms with Crippen molar-refractivity contribution in [3.63, 3.8) is 0 Å². The molecule has 1 amide bonds. The molecule has 1 aromatic rings. The molecule has 5 heteroatoms. The molecule has 0 saturated heterocycles. The number of alkyl carbamates (subject to hydrolysis) is 1. The topological polar surface area (TPSA) is 50.4 Å². The van der Waals surface area contributed by atoms with Crippen LogP contribution >= 0.6 is 11.6 Å². The molecular weight excluding hydrogens is 300 g/mol. The third-order valence-electron chi connectivity index (χ3n) is 3.62. The van der Waals surface area contributed by atoms with Gasteiger partial charge in [-0.25, -0.2) is 4.79 Å². The van der Waals surface area contributed by atoms with Crippen molar-refractivity contribution in [3.05, 3.63) is 34.9 Å². The predicted molar refractivity (Wildman–Crippen MR) is 89.3 cm³/mol. The summed E-state index contributed by atoms with van der Waals surface area (Å²) in [6.07, 6.45) is 2.58. The van der Waals surface area contributed by atoms with E-state index in [0.717, 1.165) is 30.8 Å². The molecule has 2 rings (SSSR count). The average molecular weight is 325 g/mol. The van der Waals surface area contributed by atoms with E-state index >= 15 is 0 Å². The molecule has 1 aromatic carbocycles. The van der Waals surface area contributed by atoms with Crippen molar-refractivity contribution in [2.75, 3.05) is 6.54 Å². The number of hydrogen-bond donors (Lipinski definition) is 2. The first-order valence-electron chi connectivity index (χ1n) is 7.79. The lowest BCUT2D eigenvalue weighted by Crippen LogP contribution is -2.53. The number of ether oxygens (including phenoxy) is 1. The van der Waals surface area contributed by atoms with E-state index in [1.807, 2.05) is 32.9 Å². The Kier molecular flexibility index (Phi) is 5.70. The highest BCUT2D eigenvalue weighted by Gasteiger charge is 2.31. The van der Waals surface area contributed by atoms with Crippen LogP contribution < -0.4 is 10.6 Å². The summed E-state index contributed by atoms with van der Waals surface area (Å²) in [7, 11) is 0. The Morgan fingerprint density at radius 1 is 1.23 bits per heavy atom. The van der Waals surface area contributed by atoms with Crippen LogP contribution in [0.25, 0.3) is 0 Å². The highest BCUT2D eigenvalue weighted by atomic mass is 35.5. The van der Waals surface area contributed by atoms with Gasteiger partial charge in [0.25, 0.3) is 0 Å². The molecule has 0 bridgehead atoms. The van der Waals surface area contributed by atoms with E-state index in [1.165, 1.54) is 5.56 Å². The van der Waals surface area contributed by atoms with Crippen LogP contribution in [-0.4, -0.2) is 30.3 Å². The summed E-state index contributed by atoms with van der Waals surface area (Å²) in [4.78, 5) is 11.6. The van der Waals surface area contributed by atoms with Gasteiger partial charge < -0.3 is 15.4 Å². The van der Waals surface area contributed by atoms with Crippen LogP contribution in [0.5, 0.6) is 0 Å². The normalized spacial score (nSPS) is 21.1. The number of rotatable bonds is 5. The highest BCUT2D eigenvalue weighted by Crippen LogP contribution is 2.20. The fraction of sp³-hybridized carbons (Fsp3) is 0.588. The first kappa shape index (κ1) is 17.1. The van der Waals surface area contributed by atoms with Gasteiger partial charge >= 0.3 is 6.09 Å². The van der Waals surface area contributed by atoms with E-state index in [1.54, 1.807) is 0 Å². The maximum Gasteiger partial charge on any atom is 0.407 e. The number of amides is 1. The van der Waals surface area contributed by atoms with Crippen molar-refractivity contribution >= 4 is 17.7 Å². The number of hydrogen-bond acceptors (Lipinski definition) is 3. The fourth-order valence-electron chi connectivity index (χ4n) is 2.45. The van der Waals surface area contributed by atoms with Gasteiger partial charge in [0.2, 0.25) is 0 Å². The Labute approximate surface area is 137 Å². The van der Waals surface area contributed by atoms with Gasteiger partial charge in [-0.1, -0.05) is 23.7 Å². The minimum absolute atomic E-state index is 0.225. The van der Waals surface area contributed by atoms with Gasteiger partial charge in [-0.15, -0.1) is 0 Å². The molecule has 1 saturated carbocycles. The van der Waals surface area contributed by atoms with Crippen LogP contribution in [0, 0.1) is 0 Å². The highest BCUT2D eigenvalue weighted by molar-refractivity contribution is 6.30. The minimum atomic E-state index is -0.440. The van der Waals surface area contributed by atoms with Crippen LogP contribution in [0.4, 0.5) is 4.79 Å². The summed E-state index contributed by atoms with van der Waals surface area (Å²) in [5, 5.41) is 7.18.